The molecule has 1 aliphatic heterocycles. The summed E-state index contributed by atoms with van der Waals surface area (Å²) in [6.07, 6.45) is 2.81. The molecule has 1 nitrogen and oxygen atoms in total. The predicted molar refractivity (Wildman–Crippen MR) is 71.4 cm³/mol. The molecular weight excluding hydrogens is 306 g/mol. The number of hydrogen-bond acceptors (Lipinski definition) is 1. The molecule has 0 radical (unpaired) electrons. The molecule has 1 heterocycles. The molecule has 0 amide bonds. The first kappa shape index (κ1) is 13.3. The highest BCUT2D eigenvalue weighted by atomic mass is 79.9. The van der Waals surface area contributed by atoms with E-state index < -0.39 is 0 Å². The van der Waals surface area contributed by atoms with Crippen LogP contribution in [0, 0.1) is 11.2 Å². The SMILES string of the molecule is Fc1cc(Cl)ccc1CC1(CBr)CCCOC1. The van der Waals surface area contributed by atoms with Gasteiger partial charge in [-0.05, 0) is 37.0 Å². The number of rotatable bonds is 3. The second kappa shape index (κ2) is 5.68. The van der Waals surface area contributed by atoms with Crippen LogP contribution >= 0.6 is 27.5 Å². The molecule has 94 valence electrons. The highest BCUT2D eigenvalue weighted by molar-refractivity contribution is 9.09. The van der Waals surface area contributed by atoms with Crippen LogP contribution in [-0.2, 0) is 11.2 Å². The van der Waals surface area contributed by atoms with Gasteiger partial charge in [-0.3, -0.25) is 0 Å². The topological polar surface area (TPSA) is 9.23 Å². The van der Waals surface area contributed by atoms with Gasteiger partial charge < -0.3 is 4.74 Å². The van der Waals surface area contributed by atoms with E-state index in [9.17, 15) is 4.39 Å². The zero-order valence-electron chi connectivity index (χ0n) is 9.52. The Bertz CT molecular complexity index is 391. The quantitative estimate of drug-likeness (QED) is 0.758. The first-order valence-corrected chi connectivity index (χ1v) is 7.23. The zero-order chi connectivity index (χ0) is 12.3. The summed E-state index contributed by atoms with van der Waals surface area (Å²) in [6, 6.07) is 4.89. The third-order valence-electron chi connectivity index (χ3n) is 3.27. The second-order valence-electron chi connectivity index (χ2n) is 4.70. The van der Waals surface area contributed by atoms with Crippen molar-refractivity contribution >= 4 is 27.5 Å². The summed E-state index contributed by atoms with van der Waals surface area (Å²) < 4.78 is 19.3. The second-order valence-corrected chi connectivity index (χ2v) is 5.70. The Morgan fingerprint density at radius 3 is 2.88 bits per heavy atom. The summed E-state index contributed by atoms with van der Waals surface area (Å²) in [4.78, 5) is 0. The molecule has 2 rings (SSSR count). The van der Waals surface area contributed by atoms with E-state index in [0.29, 0.717) is 18.1 Å². The van der Waals surface area contributed by atoms with Gasteiger partial charge >= 0.3 is 0 Å². The Morgan fingerprint density at radius 2 is 2.29 bits per heavy atom. The average Bonchev–Trinajstić information content (AvgIpc) is 2.34. The molecule has 0 N–H and O–H groups in total. The standard InChI is InChI=1S/C13H15BrClFO/c14-8-13(4-1-5-17-9-13)7-10-2-3-11(15)6-12(10)16/h2-3,6H,1,4-5,7-9H2. The molecule has 1 fully saturated rings. The minimum Gasteiger partial charge on any atom is -0.381 e. The van der Waals surface area contributed by atoms with Crippen LogP contribution in [0.3, 0.4) is 0 Å². The van der Waals surface area contributed by atoms with Gasteiger partial charge in [-0.2, -0.15) is 0 Å². The monoisotopic (exact) mass is 320 g/mol. The van der Waals surface area contributed by atoms with E-state index >= 15 is 0 Å². The first-order valence-electron chi connectivity index (χ1n) is 5.73. The lowest BCUT2D eigenvalue weighted by atomic mass is 9.79. The van der Waals surface area contributed by atoms with Crippen molar-refractivity contribution in [1.82, 2.24) is 0 Å². The Hall–Kier alpha value is -0.120. The number of ether oxygens (including phenoxy) is 1. The minimum absolute atomic E-state index is 0.0208. The van der Waals surface area contributed by atoms with E-state index in [2.05, 4.69) is 15.9 Å². The van der Waals surface area contributed by atoms with Crippen molar-refractivity contribution in [3.05, 3.63) is 34.6 Å². The van der Waals surface area contributed by atoms with Gasteiger partial charge in [0.2, 0.25) is 0 Å². The van der Waals surface area contributed by atoms with Crippen LogP contribution in [0.4, 0.5) is 4.39 Å². The van der Waals surface area contributed by atoms with Crippen molar-refractivity contribution in [2.45, 2.75) is 19.3 Å². The normalized spacial score (nSPS) is 24.9. The van der Waals surface area contributed by atoms with Gasteiger partial charge in [-0.25, -0.2) is 4.39 Å². The Labute approximate surface area is 114 Å². The Kier molecular flexibility index (Phi) is 4.45. The molecular formula is C13H15BrClFO. The van der Waals surface area contributed by atoms with Gasteiger partial charge in [-0.15, -0.1) is 0 Å². The van der Waals surface area contributed by atoms with Crippen LogP contribution in [0.25, 0.3) is 0 Å². The lowest BCUT2D eigenvalue weighted by molar-refractivity contribution is 0.00578. The molecule has 0 aromatic heterocycles. The van der Waals surface area contributed by atoms with Gasteiger partial charge in [0.05, 0.1) is 6.61 Å². The molecule has 0 bridgehead atoms. The van der Waals surface area contributed by atoms with E-state index in [1.165, 1.54) is 6.07 Å². The molecule has 1 saturated heterocycles. The van der Waals surface area contributed by atoms with Crippen molar-refractivity contribution in [1.29, 1.82) is 0 Å². The maximum absolute atomic E-state index is 13.8. The molecule has 1 unspecified atom stereocenters. The summed E-state index contributed by atoms with van der Waals surface area (Å²) in [5, 5.41) is 1.28. The van der Waals surface area contributed by atoms with Crippen LogP contribution in [0.5, 0.6) is 0 Å². The smallest absolute Gasteiger partial charge is 0.127 e. The van der Waals surface area contributed by atoms with Gasteiger partial charge in [0.1, 0.15) is 5.82 Å². The third kappa shape index (κ3) is 3.21. The van der Waals surface area contributed by atoms with Gasteiger partial charge in [0.15, 0.2) is 0 Å². The number of hydrogen-bond donors (Lipinski definition) is 0. The van der Waals surface area contributed by atoms with Crippen LogP contribution < -0.4 is 0 Å². The van der Waals surface area contributed by atoms with Crippen molar-refractivity contribution in [2.24, 2.45) is 5.41 Å². The summed E-state index contributed by atoms with van der Waals surface area (Å²) in [5.41, 5.74) is 0.742. The third-order valence-corrected chi connectivity index (χ3v) is 4.69. The lowest BCUT2D eigenvalue weighted by Crippen LogP contribution is -2.35. The van der Waals surface area contributed by atoms with Gasteiger partial charge in [0, 0.05) is 22.4 Å². The number of benzene rings is 1. The molecule has 4 heteroatoms. The fraction of sp³-hybridized carbons (Fsp3) is 0.538. The summed E-state index contributed by atoms with van der Waals surface area (Å²) >= 11 is 9.29. The van der Waals surface area contributed by atoms with Crippen LogP contribution in [0.2, 0.25) is 5.02 Å². The molecule has 1 aromatic rings. The van der Waals surface area contributed by atoms with Gasteiger partial charge in [-0.1, -0.05) is 33.6 Å². The highest BCUT2D eigenvalue weighted by Gasteiger charge is 2.32. The van der Waals surface area contributed by atoms with Crippen molar-refractivity contribution in [2.75, 3.05) is 18.5 Å². The maximum atomic E-state index is 13.8. The molecule has 1 aromatic carbocycles. The van der Waals surface area contributed by atoms with E-state index in [4.69, 9.17) is 16.3 Å². The lowest BCUT2D eigenvalue weighted by Gasteiger charge is -2.35. The fourth-order valence-electron chi connectivity index (χ4n) is 2.27. The van der Waals surface area contributed by atoms with E-state index in [-0.39, 0.29) is 11.2 Å². The summed E-state index contributed by atoms with van der Waals surface area (Å²) in [7, 11) is 0. The largest absolute Gasteiger partial charge is 0.381 e. The van der Waals surface area contributed by atoms with E-state index in [0.717, 1.165) is 30.3 Å². The maximum Gasteiger partial charge on any atom is 0.127 e. The van der Waals surface area contributed by atoms with Crippen LogP contribution in [-0.4, -0.2) is 18.5 Å². The number of halogens is 3. The van der Waals surface area contributed by atoms with Crippen molar-refractivity contribution in [3.8, 4) is 0 Å². The molecule has 1 atom stereocenters. The predicted octanol–water partition coefficient (Wildman–Crippen LogP) is 4.21. The molecule has 0 aliphatic carbocycles. The van der Waals surface area contributed by atoms with Crippen molar-refractivity contribution < 1.29 is 9.13 Å². The minimum atomic E-state index is -0.219. The van der Waals surface area contributed by atoms with Crippen LogP contribution in [0.15, 0.2) is 18.2 Å². The first-order chi connectivity index (χ1) is 8.15. The Balaban J connectivity index is 2.17. The molecule has 0 saturated carbocycles. The van der Waals surface area contributed by atoms with Crippen LogP contribution in [0.1, 0.15) is 18.4 Å². The zero-order valence-corrected chi connectivity index (χ0v) is 11.9. The molecule has 1 aliphatic rings. The van der Waals surface area contributed by atoms with Crippen molar-refractivity contribution in [3.63, 3.8) is 0 Å². The fourth-order valence-corrected chi connectivity index (χ4v) is 3.07. The number of alkyl halides is 1. The summed E-state index contributed by atoms with van der Waals surface area (Å²) in [5.74, 6) is -0.219. The Morgan fingerprint density at radius 1 is 1.47 bits per heavy atom. The molecule has 0 spiro atoms. The summed E-state index contributed by atoms with van der Waals surface area (Å²) in [6.45, 7) is 1.51. The average molecular weight is 322 g/mol. The van der Waals surface area contributed by atoms with E-state index in [1.807, 2.05) is 0 Å². The van der Waals surface area contributed by atoms with Gasteiger partial charge in [0.25, 0.3) is 0 Å². The van der Waals surface area contributed by atoms with E-state index in [1.54, 1.807) is 12.1 Å². The highest BCUT2D eigenvalue weighted by Crippen LogP contribution is 2.35. The molecule has 17 heavy (non-hydrogen) atoms.